The number of hydrogen-bond acceptors (Lipinski definition) is 0. The van der Waals surface area contributed by atoms with Gasteiger partial charge in [0.05, 0.1) is 0 Å². The molecular weight excluding hydrogens is 811 g/mol. The molecule has 48 heavy (non-hydrogen) atoms. The van der Waals surface area contributed by atoms with Crippen LogP contribution in [0.3, 0.4) is 0 Å². The summed E-state index contributed by atoms with van der Waals surface area (Å²) in [4.78, 5) is 0. The maximum Gasteiger partial charge on any atom is 0.119 e. The van der Waals surface area contributed by atoms with E-state index in [-0.39, 0.29) is 35.9 Å². The second kappa shape index (κ2) is 19.1. The number of hydrogen-bond donors (Lipinski definition) is 0. The molecule has 0 nitrogen and oxygen atoms in total. The van der Waals surface area contributed by atoms with Gasteiger partial charge in [-0.15, -0.1) is 0 Å². The average Bonchev–Trinajstić information content (AvgIpc) is 3.81. The number of rotatable bonds is 8. The van der Waals surface area contributed by atoms with Gasteiger partial charge in [-0.1, -0.05) is 160 Å². The molecule has 0 amide bonds. The van der Waals surface area contributed by atoms with Crippen LogP contribution >= 0.6 is 15.8 Å². The minimum Gasteiger partial charge on any atom is -0.0851 e. The van der Waals surface area contributed by atoms with Crippen molar-refractivity contribution in [3.8, 4) is 0 Å². The Bertz CT molecular complexity index is 1140. The van der Waals surface area contributed by atoms with Gasteiger partial charge in [-0.2, -0.15) is 0 Å². The zero-order valence-corrected chi connectivity index (χ0v) is 35.4. The van der Waals surface area contributed by atoms with Crippen LogP contribution in [-0.2, 0) is 20.1 Å². The molecule has 4 heteroatoms. The molecule has 2 aromatic rings. The van der Waals surface area contributed by atoms with Gasteiger partial charge in [-0.05, 0) is 126 Å². The van der Waals surface area contributed by atoms with Gasteiger partial charge < -0.3 is 0 Å². The predicted molar refractivity (Wildman–Crippen MR) is 214 cm³/mol. The van der Waals surface area contributed by atoms with Crippen molar-refractivity contribution in [2.24, 2.45) is 11.8 Å². The van der Waals surface area contributed by atoms with Gasteiger partial charge in [0.25, 0.3) is 0 Å². The largest absolute Gasteiger partial charge is 0.119 e. The van der Waals surface area contributed by atoms with Crippen molar-refractivity contribution in [2.75, 3.05) is 0 Å². The summed E-state index contributed by atoms with van der Waals surface area (Å²) in [7, 11) is -0.920. The maximum atomic E-state index is 2.70. The van der Waals surface area contributed by atoms with Crippen molar-refractivity contribution in [1.29, 1.82) is 0 Å². The average molecular weight is 876 g/mol. The Kier molecular flexibility index (Phi) is 15.0. The van der Waals surface area contributed by atoms with E-state index in [1.54, 1.807) is 0 Å². The fraction of sp³-hybridized carbons (Fsp3) is 0.682. The van der Waals surface area contributed by atoms with Gasteiger partial charge in [0, 0.05) is 20.1 Å². The van der Waals surface area contributed by atoms with E-state index >= 15 is 0 Å². The van der Waals surface area contributed by atoms with Crippen molar-refractivity contribution in [2.45, 2.75) is 177 Å². The predicted octanol–water partition coefficient (Wildman–Crippen LogP) is 11.4. The SMILES string of the molecule is C1=CC2CCC1C2.C[Si](c1ccccc1P(C1CCCCC1)C1CCCCC1)c1ccccc1P(C1CCCCC1)C1CCCCC1.[Ir]. The molecule has 6 aliphatic rings. The molecule has 8 rings (SSSR count). The molecule has 0 aliphatic heterocycles. The van der Waals surface area contributed by atoms with Crippen molar-refractivity contribution >= 4 is 45.6 Å². The van der Waals surface area contributed by atoms with Gasteiger partial charge in [-0.3, -0.25) is 0 Å². The van der Waals surface area contributed by atoms with Gasteiger partial charge in [0.1, 0.15) is 8.80 Å². The summed E-state index contributed by atoms with van der Waals surface area (Å²) < 4.78 is 0. The molecule has 2 aromatic carbocycles. The van der Waals surface area contributed by atoms with Crippen LogP contribution in [0.4, 0.5) is 0 Å². The third-order valence-corrected chi connectivity index (χ3v) is 23.2. The minimum atomic E-state index is -0.812. The van der Waals surface area contributed by atoms with E-state index in [0.717, 1.165) is 34.5 Å². The number of benzene rings is 2. The van der Waals surface area contributed by atoms with Crippen LogP contribution in [0.5, 0.6) is 0 Å². The molecule has 2 radical (unpaired) electrons. The molecular formula is C44H65IrP2Si. The summed E-state index contributed by atoms with van der Waals surface area (Å²) in [5.41, 5.74) is 3.94. The fourth-order valence-electron chi connectivity index (χ4n) is 10.7. The first-order chi connectivity index (χ1) is 23.3. The Morgan fingerprint density at radius 1 is 0.438 bits per heavy atom. The van der Waals surface area contributed by atoms with Crippen LogP contribution in [0.1, 0.15) is 148 Å². The van der Waals surface area contributed by atoms with Crippen molar-refractivity contribution < 1.29 is 20.1 Å². The van der Waals surface area contributed by atoms with Crippen molar-refractivity contribution in [3.63, 3.8) is 0 Å². The molecule has 2 bridgehead atoms. The van der Waals surface area contributed by atoms with E-state index in [1.165, 1.54) is 148 Å². The van der Waals surface area contributed by atoms with Crippen LogP contribution in [0.15, 0.2) is 60.7 Å². The van der Waals surface area contributed by atoms with Crippen LogP contribution < -0.4 is 21.0 Å². The molecule has 0 saturated heterocycles. The summed E-state index contributed by atoms with van der Waals surface area (Å²) in [6.07, 6.45) is 39.0. The minimum absolute atomic E-state index is 0. The zero-order valence-electron chi connectivity index (χ0n) is 30.2. The Labute approximate surface area is 313 Å². The van der Waals surface area contributed by atoms with Crippen LogP contribution in [-0.4, -0.2) is 31.4 Å². The van der Waals surface area contributed by atoms with Crippen LogP contribution in [0.2, 0.25) is 6.55 Å². The molecule has 0 N–H and O–H groups in total. The first kappa shape index (κ1) is 37.7. The normalized spacial score (nSPS) is 25.8. The number of fused-ring (bicyclic) bond motifs is 2. The van der Waals surface area contributed by atoms with E-state index in [4.69, 9.17) is 0 Å². The molecule has 0 heterocycles. The third-order valence-electron chi connectivity index (χ3n) is 13.2. The monoisotopic (exact) mass is 876 g/mol. The molecule has 0 aromatic heterocycles. The first-order valence-corrected chi connectivity index (χ1v) is 25.5. The summed E-state index contributed by atoms with van der Waals surface area (Å²) in [5.74, 6) is 1.98. The van der Waals surface area contributed by atoms with E-state index in [2.05, 4.69) is 67.2 Å². The van der Waals surface area contributed by atoms with E-state index < -0.39 is 8.80 Å². The van der Waals surface area contributed by atoms with Gasteiger partial charge in [0.2, 0.25) is 0 Å². The second-order valence-electron chi connectivity index (χ2n) is 16.4. The summed E-state index contributed by atoms with van der Waals surface area (Å²) in [6, 6.07) is 20.1. The Morgan fingerprint density at radius 2 is 0.750 bits per heavy atom. The standard InChI is InChI=1S/C37H55P2Si.C7H10.Ir/c1-40(36-28-16-14-26-34(36)38(30-18-6-2-7-19-30)31-20-8-3-9-21-31)37-29-17-15-27-35(37)39(32-22-10-4-11-23-32)33-24-12-5-13-25-33;1-2-7-4-3-6(1)5-7;/h14-17,26-33H,2-13,18-25H2,1H3;1-2,6-7H,3-5H2;. The fourth-order valence-corrected chi connectivity index (χ4v) is 22.1. The van der Waals surface area contributed by atoms with Crippen LogP contribution in [0.25, 0.3) is 0 Å². The zero-order chi connectivity index (χ0) is 31.8. The second-order valence-corrected chi connectivity index (χ2v) is 24.2. The smallest absolute Gasteiger partial charge is 0.0851 e. The third kappa shape index (κ3) is 9.27. The summed E-state index contributed by atoms with van der Waals surface area (Å²) >= 11 is 0. The van der Waals surface area contributed by atoms with Crippen molar-refractivity contribution in [1.82, 2.24) is 0 Å². The van der Waals surface area contributed by atoms with Gasteiger partial charge in [0.15, 0.2) is 0 Å². The summed E-state index contributed by atoms with van der Waals surface area (Å²) in [6.45, 7) is 2.70. The van der Waals surface area contributed by atoms with E-state index in [1.807, 2.05) is 21.0 Å². The molecule has 2 atom stereocenters. The topological polar surface area (TPSA) is 0 Å². The molecule has 0 spiro atoms. The number of allylic oxidation sites excluding steroid dienone is 2. The molecule has 6 aliphatic carbocycles. The van der Waals surface area contributed by atoms with Crippen molar-refractivity contribution in [3.05, 3.63) is 60.7 Å². The molecule has 5 saturated carbocycles. The Morgan fingerprint density at radius 3 is 1.02 bits per heavy atom. The van der Waals surface area contributed by atoms with Crippen LogP contribution in [0, 0.1) is 11.8 Å². The Hall–Kier alpha value is -0.0938. The van der Waals surface area contributed by atoms with Gasteiger partial charge >= 0.3 is 0 Å². The quantitative estimate of drug-likeness (QED) is 0.141. The maximum absolute atomic E-state index is 2.70. The first-order valence-electron chi connectivity index (χ1n) is 20.5. The summed E-state index contributed by atoms with van der Waals surface area (Å²) in [5, 5.41) is 7.35. The van der Waals surface area contributed by atoms with E-state index in [9.17, 15) is 0 Å². The van der Waals surface area contributed by atoms with Gasteiger partial charge in [-0.25, -0.2) is 0 Å². The van der Waals surface area contributed by atoms with E-state index in [0.29, 0.717) is 0 Å². The molecule has 5 fully saturated rings. The Balaban J connectivity index is 0.000000441. The molecule has 264 valence electrons. The molecule has 2 unspecified atom stereocenters.